The zero-order valence-electron chi connectivity index (χ0n) is 12.3. The van der Waals surface area contributed by atoms with Gasteiger partial charge in [0.25, 0.3) is 0 Å². The highest BCUT2D eigenvalue weighted by molar-refractivity contribution is 5.85. The fraction of sp³-hybridized carbons (Fsp3) is 0.600. The molecule has 21 heavy (non-hydrogen) atoms. The summed E-state index contributed by atoms with van der Waals surface area (Å²) in [6.45, 7) is 5.74. The van der Waals surface area contributed by atoms with Gasteiger partial charge in [0.05, 0.1) is 0 Å². The summed E-state index contributed by atoms with van der Waals surface area (Å²) >= 11 is 0. The molecule has 1 N–H and O–H groups in total. The van der Waals surface area contributed by atoms with Crippen LogP contribution >= 0.6 is 24.8 Å². The van der Waals surface area contributed by atoms with Gasteiger partial charge in [-0.05, 0) is 24.6 Å². The minimum Gasteiger partial charge on any atom is -0.314 e. The van der Waals surface area contributed by atoms with Crippen molar-refractivity contribution in [2.24, 2.45) is 0 Å². The highest BCUT2D eigenvalue weighted by Gasteiger charge is 2.24. The summed E-state index contributed by atoms with van der Waals surface area (Å²) < 4.78 is 27.4. The number of hydrogen-bond donors (Lipinski definition) is 1. The topological polar surface area (TPSA) is 15.3 Å². The molecule has 1 saturated heterocycles. The van der Waals surface area contributed by atoms with Crippen molar-refractivity contribution in [2.45, 2.75) is 32.2 Å². The first-order valence-corrected chi connectivity index (χ1v) is 7.12. The van der Waals surface area contributed by atoms with E-state index in [1.165, 1.54) is 18.2 Å². The first-order valence-electron chi connectivity index (χ1n) is 7.12. The smallest absolute Gasteiger partial charge is 0.128 e. The van der Waals surface area contributed by atoms with E-state index in [1.54, 1.807) is 0 Å². The van der Waals surface area contributed by atoms with Crippen LogP contribution in [0.2, 0.25) is 0 Å². The molecule has 0 radical (unpaired) electrons. The Balaban J connectivity index is 0.00000200. The summed E-state index contributed by atoms with van der Waals surface area (Å²) in [6.07, 6.45) is 2.99. The maximum Gasteiger partial charge on any atom is 0.128 e. The Morgan fingerprint density at radius 2 is 1.86 bits per heavy atom. The highest BCUT2D eigenvalue weighted by Crippen LogP contribution is 2.29. The zero-order chi connectivity index (χ0) is 13.7. The van der Waals surface area contributed by atoms with Gasteiger partial charge in [-0.2, -0.15) is 0 Å². The predicted molar refractivity (Wildman–Crippen MR) is 87.6 cm³/mol. The molecular weight excluding hydrogens is 317 g/mol. The van der Waals surface area contributed by atoms with Crippen LogP contribution in [0.15, 0.2) is 18.2 Å². The summed E-state index contributed by atoms with van der Waals surface area (Å²) in [5, 5.41) is 3.29. The monoisotopic (exact) mass is 340 g/mol. The van der Waals surface area contributed by atoms with Crippen molar-refractivity contribution < 1.29 is 8.78 Å². The lowest BCUT2D eigenvalue weighted by Gasteiger charge is -2.35. The number of unbranched alkanes of at least 4 members (excludes halogenated alkanes) is 1. The molecule has 1 aliphatic rings. The molecule has 2 rings (SSSR count). The van der Waals surface area contributed by atoms with Crippen LogP contribution in [0.1, 0.15) is 37.8 Å². The summed E-state index contributed by atoms with van der Waals surface area (Å²) in [6, 6.07) is 3.79. The third-order valence-corrected chi connectivity index (χ3v) is 3.74. The fourth-order valence-corrected chi connectivity index (χ4v) is 2.70. The van der Waals surface area contributed by atoms with E-state index in [2.05, 4.69) is 17.1 Å². The first kappa shape index (κ1) is 20.6. The number of benzene rings is 1. The van der Waals surface area contributed by atoms with Crippen molar-refractivity contribution in [3.63, 3.8) is 0 Å². The normalized spacial score (nSPS) is 16.7. The molecule has 0 saturated carbocycles. The average molecular weight is 341 g/mol. The standard InChI is InChI=1S/C15H22F2N2.2ClH/c1-2-3-4-15(19-9-7-18-8-10-19)13-11-12(16)5-6-14(13)17;;/h5-6,11,15,18H,2-4,7-10H2,1H3;2*1H/t15-;;/m1../s1. The van der Waals surface area contributed by atoms with Crippen molar-refractivity contribution in [3.05, 3.63) is 35.4 Å². The van der Waals surface area contributed by atoms with Gasteiger partial charge in [0.15, 0.2) is 0 Å². The van der Waals surface area contributed by atoms with Crippen LogP contribution in [-0.4, -0.2) is 31.1 Å². The van der Waals surface area contributed by atoms with Gasteiger partial charge >= 0.3 is 0 Å². The van der Waals surface area contributed by atoms with E-state index in [0.29, 0.717) is 5.56 Å². The largest absolute Gasteiger partial charge is 0.314 e. The van der Waals surface area contributed by atoms with Crippen LogP contribution in [0.5, 0.6) is 0 Å². The van der Waals surface area contributed by atoms with E-state index >= 15 is 0 Å². The van der Waals surface area contributed by atoms with E-state index in [0.717, 1.165) is 45.4 Å². The highest BCUT2D eigenvalue weighted by atomic mass is 35.5. The molecule has 0 unspecified atom stereocenters. The van der Waals surface area contributed by atoms with Gasteiger partial charge in [-0.1, -0.05) is 19.8 Å². The minimum absolute atomic E-state index is 0. The third kappa shape index (κ3) is 5.70. The number of rotatable bonds is 5. The van der Waals surface area contributed by atoms with E-state index < -0.39 is 0 Å². The predicted octanol–water partition coefficient (Wildman–Crippen LogP) is 3.94. The van der Waals surface area contributed by atoms with Crippen LogP contribution in [-0.2, 0) is 0 Å². The van der Waals surface area contributed by atoms with Gasteiger partial charge in [-0.3, -0.25) is 4.90 Å². The molecule has 1 fully saturated rings. The first-order chi connectivity index (χ1) is 9.22. The van der Waals surface area contributed by atoms with Crippen molar-refractivity contribution in [3.8, 4) is 0 Å². The second kappa shape index (κ2) is 10.3. The molecule has 1 aliphatic heterocycles. The molecule has 6 heteroatoms. The van der Waals surface area contributed by atoms with Gasteiger partial charge in [0.2, 0.25) is 0 Å². The van der Waals surface area contributed by atoms with Gasteiger partial charge in [-0.25, -0.2) is 8.78 Å². The van der Waals surface area contributed by atoms with Crippen LogP contribution in [0, 0.1) is 11.6 Å². The molecule has 2 nitrogen and oxygen atoms in total. The van der Waals surface area contributed by atoms with Gasteiger partial charge in [-0.15, -0.1) is 24.8 Å². The molecule has 1 aromatic carbocycles. The summed E-state index contributed by atoms with van der Waals surface area (Å²) in [5.74, 6) is -0.644. The summed E-state index contributed by atoms with van der Waals surface area (Å²) in [4.78, 5) is 2.27. The number of halogens is 4. The molecule has 122 valence electrons. The lowest BCUT2D eigenvalue weighted by atomic mass is 9.98. The van der Waals surface area contributed by atoms with E-state index in [1.807, 2.05) is 0 Å². The molecule has 0 bridgehead atoms. The molecular formula is C15H24Cl2F2N2. The second-order valence-electron chi connectivity index (χ2n) is 5.11. The van der Waals surface area contributed by atoms with Crippen LogP contribution in [0.25, 0.3) is 0 Å². The van der Waals surface area contributed by atoms with Crippen LogP contribution in [0.3, 0.4) is 0 Å². The third-order valence-electron chi connectivity index (χ3n) is 3.74. The maximum atomic E-state index is 14.0. The fourth-order valence-electron chi connectivity index (χ4n) is 2.70. The number of nitrogens with one attached hydrogen (secondary N) is 1. The lowest BCUT2D eigenvalue weighted by Crippen LogP contribution is -2.45. The van der Waals surface area contributed by atoms with Crippen molar-refractivity contribution in [2.75, 3.05) is 26.2 Å². The zero-order valence-corrected chi connectivity index (χ0v) is 13.9. The van der Waals surface area contributed by atoms with Gasteiger partial charge in [0, 0.05) is 37.8 Å². The number of hydrogen-bond acceptors (Lipinski definition) is 2. The van der Waals surface area contributed by atoms with Crippen molar-refractivity contribution >= 4 is 24.8 Å². The quantitative estimate of drug-likeness (QED) is 0.873. The number of nitrogens with zero attached hydrogens (tertiary/aromatic N) is 1. The summed E-state index contributed by atoms with van der Waals surface area (Å²) in [5.41, 5.74) is 0.510. The van der Waals surface area contributed by atoms with E-state index in [9.17, 15) is 8.78 Å². The second-order valence-corrected chi connectivity index (χ2v) is 5.11. The molecule has 1 atom stereocenters. The molecule has 0 aromatic heterocycles. The van der Waals surface area contributed by atoms with Crippen molar-refractivity contribution in [1.82, 2.24) is 10.2 Å². The van der Waals surface area contributed by atoms with Gasteiger partial charge in [0.1, 0.15) is 11.6 Å². The molecule has 1 heterocycles. The molecule has 1 aromatic rings. The van der Waals surface area contributed by atoms with E-state index in [4.69, 9.17) is 0 Å². The number of piperazine rings is 1. The SMILES string of the molecule is CCCC[C@H](c1cc(F)ccc1F)N1CCNCC1.Cl.Cl. The Bertz CT molecular complexity index is 413. The molecule has 0 spiro atoms. The minimum atomic E-state index is -0.354. The lowest BCUT2D eigenvalue weighted by molar-refractivity contribution is 0.160. The van der Waals surface area contributed by atoms with E-state index in [-0.39, 0.29) is 42.5 Å². The van der Waals surface area contributed by atoms with Crippen LogP contribution < -0.4 is 5.32 Å². The maximum absolute atomic E-state index is 14.0. The van der Waals surface area contributed by atoms with Gasteiger partial charge < -0.3 is 5.32 Å². The average Bonchev–Trinajstić information content (AvgIpc) is 2.44. The summed E-state index contributed by atoms with van der Waals surface area (Å²) in [7, 11) is 0. The molecule has 0 amide bonds. The van der Waals surface area contributed by atoms with Crippen molar-refractivity contribution in [1.29, 1.82) is 0 Å². The Morgan fingerprint density at radius 1 is 1.19 bits per heavy atom. The Morgan fingerprint density at radius 3 is 2.48 bits per heavy atom. The Kier molecular flexibility index (Phi) is 10.1. The molecule has 0 aliphatic carbocycles. The van der Waals surface area contributed by atoms with Crippen LogP contribution in [0.4, 0.5) is 8.78 Å². The Labute approximate surface area is 138 Å². The Hall–Kier alpha value is -0.420.